The lowest BCUT2D eigenvalue weighted by molar-refractivity contribution is 0.306. The fraction of sp³-hybridized carbons (Fsp3) is 0.125. The quantitative estimate of drug-likeness (QED) is 0.768. The van der Waals surface area contributed by atoms with Gasteiger partial charge in [-0.1, -0.05) is 49.0 Å². The molecule has 0 saturated heterocycles. The van der Waals surface area contributed by atoms with Crippen LogP contribution in [0.15, 0.2) is 67.0 Å². The molecule has 0 saturated carbocycles. The third-order valence-electron chi connectivity index (χ3n) is 2.93. The first kappa shape index (κ1) is 13.6. The van der Waals surface area contributed by atoms with Crippen LogP contribution in [0.1, 0.15) is 5.56 Å². The molecule has 3 heteroatoms. The zero-order valence-electron chi connectivity index (χ0n) is 11.0. The predicted molar refractivity (Wildman–Crippen MR) is 80.6 cm³/mol. The molecule has 0 N–H and O–H groups in total. The summed E-state index contributed by atoms with van der Waals surface area (Å²) in [6.07, 6.45) is 0. The normalized spacial score (nSPS) is 13.5. The van der Waals surface area contributed by atoms with E-state index in [-0.39, 0.29) is 0 Å². The summed E-state index contributed by atoms with van der Waals surface area (Å²) in [6, 6.07) is 17.4. The highest BCUT2D eigenvalue weighted by atomic mass is 31.2. The topological polar surface area (TPSA) is 26.3 Å². The summed E-state index contributed by atoms with van der Waals surface area (Å²) in [6.45, 7) is 5.84. The second-order valence-corrected chi connectivity index (χ2v) is 7.31. The van der Waals surface area contributed by atoms with Crippen molar-refractivity contribution in [1.29, 1.82) is 0 Å². The Morgan fingerprint density at radius 1 is 1.16 bits per heavy atom. The van der Waals surface area contributed by atoms with Crippen LogP contribution in [0.2, 0.25) is 0 Å². The van der Waals surface area contributed by atoms with Crippen LogP contribution in [0.3, 0.4) is 0 Å². The van der Waals surface area contributed by atoms with Crippen molar-refractivity contribution in [3.05, 3.63) is 72.6 Å². The van der Waals surface area contributed by atoms with E-state index < -0.39 is 7.14 Å². The maximum atomic E-state index is 12.2. The molecule has 19 heavy (non-hydrogen) atoms. The number of hydrogen-bond acceptors (Lipinski definition) is 2. The van der Waals surface area contributed by atoms with Crippen LogP contribution in [-0.4, -0.2) is 6.66 Å². The minimum atomic E-state index is -2.46. The van der Waals surface area contributed by atoms with Crippen LogP contribution < -0.4 is 10.0 Å². The average Bonchev–Trinajstić information content (AvgIpc) is 2.46. The van der Waals surface area contributed by atoms with E-state index in [0.29, 0.717) is 6.61 Å². The monoisotopic (exact) mass is 272 g/mol. The summed E-state index contributed by atoms with van der Waals surface area (Å²) in [7, 11) is -2.46. The zero-order chi connectivity index (χ0) is 13.7. The predicted octanol–water partition coefficient (Wildman–Crippen LogP) is 4.03. The van der Waals surface area contributed by atoms with Gasteiger partial charge in [0.2, 0.25) is 0 Å². The fourth-order valence-corrected chi connectivity index (χ4v) is 2.67. The van der Waals surface area contributed by atoms with Gasteiger partial charge < -0.3 is 9.30 Å². The van der Waals surface area contributed by atoms with Crippen molar-refractivity contribution in [3.63, 3.8) is 0 Å². The van der Waals surface area contributed by atoms with Crippen molar-refractivity contribution in [2.75, 3.05) is 6.66 Å². The lowest BCUT2D eigenvalue weighted by Gasteiger charge is -2.11. The average molecular weight is 272 g/mol. The molecule has 0 aliphatic carbocycles. The number of hydrogen-bond donors (Lipinski definition) is 0. The van der Waals surface area contributed by atoms with Crippen LogP contribution in [-0.2, 0) is 11.2 Å². The minimum Gasteiger partial charge on any atom is -0.489 e. The Labute approximate surface area is 114 Å². The number of rotatable bonds is 5. The van der Waals surface area contributed by atoms with E-state index in [1.54, 1.807) is 6.66 Å². The van der Waals surface area contributed by atoms with E-state index in [4.69, 9.17) is 4.74 Å². The largest absolute Gasteiger partial charge is 0.489 e. The second kappa shape index (κ2) is 5.90. The molecule has 2 aromatic rings. The molecule has 0 bridgehead atoms. The van der Waals surface area contributed by atoms with Crippen molar-refractivity contribution in [1.82, 2.24) is 0 Å². The van der Waals surface area contributed by atoms with Gasteiger partial charge >= 0.3 is 0 Å². The molecule has 98 valence electrons. The summed E-state index contributed by atoms with van der Waals surface area (Å²) in [5, 5.41) is 0.771. The van der Waals surface area contributed by atoms with Gasteiger partial charge in [0.1, 0.15) is 19.5 Å². The van der Waals surface area contributed by atoms with Gasteiger partial charge in [-0.25, -0.2) is 0 Å². The molecule has 0 aliphatic heterocycles. The van der Waals surface area contributed by atoms with E-state index in [1.165, 1.54) is 5.82 Å². The van der Waals surface area contributed by atoms with Gasteiger partial charge in [0, 0.05) is 5.30 Å². The first-order valence-corrected chi connectivity index (χ1v) is 8.32. The molecule has 0 radical (unpaired) electrons. The zero-order valence-corrected chi connectivity index (χ0v) is 11.8. The molecule has 1 atom stereocenters. The van der Waals surface area contributed by atoms with Crippen molar-refractivity contribution in [2.45, 2.75) is 6.61 Å². The maximum absolute atomic E-state index is 12.2. The molecule has 0 heterocycles. The third-order valence-corrected chi connectivity index (χ3v) is 4.93. The Balaban J connectivity index is 2.12. The van der Waals surface area contributed by atoms with Gasteiger partial charge in [-0.2, -0.15) is 0 Å². The minimum absolute atomic E-state index is 0.506. The molecular formula is C16H17O2P. The lowest BCUT2D eigenvalue weighted by atomic mass is 10.2. The highest BCUT2D eigenvalue weighted by Gasteiger charge is 2.13. The van der Waals surface area contributed by atoms with Crippen molar-refractivity contribution in [3.8, 4) is 5.75 Å². The summed E-state index contributed by atoms with van der Waals surface area (Å²) >= 11 is 0. The number of ether oxygens (including phenoxy) is 1. The van der Waals surface area contributed by atoms with E-state index in [1.807, 2.05) is 54.6 Å². The van der Waals surface area contributed by atoms with Gasteiger partial charge in [0.25, 0.3) is 0 Å². The van der Waals surface area contributed by atoms with Crippen LogP contribution in [0.4, 0.5) is 0 Å². The Bertz CT molecular complexity index is 605. The molecule has 0 spiro atoms. The van der Waals surface area contributed by atoms with Crippen LogP contribution in [0.5, 0.6) is 5.75 Å². The van der Waals surface area contributed by atoms with Crippen molar-refractivity contribution >= 4 is 12.4 Å². The molecule has 0 unspecified atom stereocenters. The fourth-order valence-electron chi connectivity index (χ4n) is 1.70. The highest BCUT2D eigenvalue weighted by Crippen LogP contribution is 2.41. The molecule has 0 aliphatic rings. The van der Waals surface area contributed by atoms with E-state index in [9.17, 15) is 4.57 Å². The Hall–Kier alpha value is -1.79. The Kier molecular flexibility index (Phi) is 4.24. The Morgan fingerprint density at radius 3 is 2.58 bits per heavy atom. The van der Waals surface area contributed by atoms with Crippen molar-refractivity contribution < 1.29 is 9.30 Å². The molecule has 0 amide bonds. The standard InChI is InChI=1S/C16H17O2P/c1-3-19(2,17)16-11-7-10-15(12-16)18-13-14-8-5-4-6-9-14/h3-12H,1,13H2,2H3/t19-/m1/s1. The van der Waals surface area contributed by atoms with Gasteiger partial charge in [-0.15, -0.1) is 0 Å². The molecular weight excluding hydrogens is 255 g/mol. The van der Waals surface area contributed by atoms with E-state index in [0.717, 1.165) is 16.6 Å². The summed E-state index contributed by atoms with van der Waals surface area (Å²) in [5.41, 5.74) is 1.11. The first-order valence-electron chi connectivity index (χ1n) is 6.10. The summed E-state index contributed by atoms with van der Waals surface area (Å²) in [4.78, 5) is 0. The third kappa shape index (κ3) is 3.59. The van der Waals surface area contributed by atoms with E-state index in [2.05, 4.69) is 6.58 Å². The van der Waals surface area contributed by atoms with Gasteiger partial charge in [0.15, 0.2) is 0 Å². The van der Waals surface area contributed by atoms with Crippen LogP contribution >= 0.6 is 7.14 Å². The van der Waals surface area contributed by atoms with Crippen LogP contribution in [0, 0.1) is 0 Å². The maximum Gasteiger partial charge on any atom is 0.133 e. The smallest absolute Gasteiger partial charge is 0.133 e. The summed E-state index contributed by atoms with van der Waals surface area (Å²) in [5.74, 6) is 2.24. The molecule has 2 nitrogen and oxygen atoms in total. The highest BCUT2D eigenvalue weighted by molar-refractivity contribution is 7.73. The van der Waals surface area contributed by atoms with Gasteiger partial charge in [0.05, 0.1) is 0 Å². The van der Waals surface area contributed by atoms with Crippen molar-refractivity contribution in [2.24, 2.45) is 0 Å². The SMILES string of the molecule is C=C[P@@](C)(=O)c1cccc(OCc2ccccc2)c1. The second-order valence-electron chi connectivity index (χ2n) is 4.44. The summed E-state index contributed by atoms with van der Waals surface area (Å²) < 4.78 is 18.0. The molecule has 0 fully saturated rings. The Morgan fingerprint density at radius 2 is 1.89 bits per heavy atom. The van der Waals surface area contributed by atoms with E-state index >= 15 is 0 Å². The van der Waals surface area contributed by atoms with Gasteiger partial charge in [-0.3, -0.25) is 0 Å². The molecule has 0 aromatic heterocycles. The number of benzene rings is 2. The first-order chi connectivity index (χ1) is 9.12. The molecule has 2 aromatic carbocycles. The van der Waals surface area contributed by atoms with Crippen LogP contribution in [0.25, 0.3) is 0 Å². The van der Waals surface area contributed by atoms with Gasteiger partial charge in [-0.05, 0) is 30.2 Å². The molecule has 2 rings (SSSR count). The lowest BCUT2D eigenvalue weighted by Crippen LogP contribution is -2.03.